The number of benzene rings is 3. The molecule has 1 saturated carbocycles. The first kappa shape index (κ1) is 19.8. The lowest BCUT2D eigenvalue weighted by Crippen LogP contribution is -3.00. The van der Waals surface area contributed by atoms with Crippen molar-refractivity contribution in [3.8, 4) is 0 Å². The van der Waals surface area contributed by atoms with E-state index in [1.54, 1.807) is 0 Å². The van der Waals surface area contributed by atoms with Gasteiger partial charge in [0, 0.05) is 16.1 Å². The molecule has 3 aliphatic rings. The highest BCUT2D eigenvalue weighted by atomic mass is 79.9. The van der Waals surface area contributed by atoms with E-state index in [-0.39, 0.29) is 28.4 Å². The Bertz CT molecular complexity index is 1130. The van der Waals surface area contributed by atoms with Gasteiger partial charge in [-0.1, -0.05) is 79.0 Å². The molecule has 0 radical (unpaired) electrons. The summed E-state index contributed by atoms with van der Waals surface area (Å²) in [6.07, 6.45) is 5.01. The third kappa shape index (κ3) is 2.86. The number of nitrogens with one attached hydrogen (secondary N) is 1. The van der Waals surface area contributed by atoms with Crippen LogP contribution in [0.1, 0.15) is 54.0 Å². The summed E-state index contributed by atoms with van der Waals surface area (Å²) >= 11 is 6.45. The van der Waals surface area contributed by atoms with Gasteiger partial charge in [0.1, 0.15) is 18.3 Å². The van der Waals surface area contributed by atoms with Crippen LogP contribution < -0.4 is 22.3 Å². The molecule has 1 unspecified atom stereocenters. The molecule has 2 heterocycles. The number of halogens is 2. The van der Waals surface area contributed by atoms with Crippen molar-refractivity contribution >= 4 is 23.1 Å². The number of rotatable bonds is 1. The predicted octanol–water partition coefficient (Wildman–Crippen LogP) is 3.10. The van der Waals surface area contributed by atoms with E-state index in [0.717, 1.165) is 11.6 Å². The zero-order valence-electron chi connectivity index (χ0n) is 16.7. The van der Waals surface area contributed by atoms with E-state index >= 15 is 0 Å². The highest BCUT2D eigenvalue weighted by Gasteiger charge is 2.52. The lowest BCUT2D eigenvalue weighted by molar-refractivity contribution is -0.469. The van der Waals surface area contributed by atoms with Gasteiger partial charge in [0.15, 0.2) is 0 Å². The van der Waals surface area contributed by atoms with E-state index in [4.69, 9.17) is 11.6 Å². The Kier molecular flexibility index (Phi) is 4.99. The van der Waals surface area contributed by atoms with Crippen molar-refractivity contribution in [1.82, 2.24) is 5.32 Å². The predicted molar refractivity (Wildman–Crippen MR) is 118 cm³/mol. The van der Waals surface area contributed by atoms with Crippen LogP contribution in [0.2, 0.25) is 5.02 Å². The smallest absolute Gasteiger partial charge is 0.261 e. The van der Waals surface area contributed by atoms with Crippen LogP contribution in [0, 0.1) is 0 Å². The first-order valence-electron chi connectivity index (χ1n) is 10.6. The molecule has 1 fully saturated rings. The van der Waals surface area contributed by atoms with E-state index in [1.165, 1.54) is 59.5 Å². The fraction of sp³-hybridized carbons (Fsp3) is 0.269. The topological polar surface area (TPSA) is 15.0 Å². The Labute approximate surface area is 193 Å². The van der Waals surface area contributed by atoms with Crippen LogP contribution in [0.5, 0.6) is 0 Å². The van der Waals surface area contributed by atoms with Crippen molar-refractivity contribution in [3.63, 3.8) is 0 Å². The molecular formula is C26H24BrClN2. The van der Waals surface area contributed by atoms with Gasteiger partial charge in [-0.05, 0) is 42.2 Å². The highest BCUT2D eigenvalue weighted by Crippen LogP contribution is 2.49. The fourth-order valence-electron chi connectivity index (χ4n) is 5.79. The summed E-state index contributed by atoms with van der Waals surface area (Å²) in [6.45, 7) is 0.913. The molecule has 30 heavy (non-hydrogen) atoms. The summed E-state index contributed by atoms with van der Waals surface area (Å²) in [6, 6.07) is 26.3. The second kappa shape index (κ2) is 7.55. The average molecular weight is 480 g/mol. The molecule has 4 heteroatoms. The Morgan fingerprint density at radius 1 is 0.900 bits per heavy atom. The van der Waals surface area contributed by atoms with Crippen LogP contribution in [0.3, 0.4) is 0 Å². The summed E-state index contributed by atoms with van der Waals surface area (Å²) in [4.78, 5) is 0. The third-order valence-electron chi connectivity index (χ3n) is 7.05. The standard InChI is InChI=1S/C26H23ClN2.BrH/c27-20-12-13-23-21(16-20)24(18-8-2-1-3-9-18)28-25-26(14-6-7-15-26)22-11-5-4-10-19(22)17-29(23)25;/h1-5,8-13,16,24H,6-7,14-15,17H2;1H. The first-order chi connectivity index (χ1) is 14.3. The summed E-state index contributed by atoms with van der Waals surface area (Å²) < 4.78 is 2.53. The zero-order chi connectivity index (χ0) is 19.4. The van der Waals surface area contributed by atoms with Gasteiger partial charge in [-0.2, -0.15) is 0 Å². The Morgan fingerprint density at radius 3 is 2.43 bits per heavy atom. The first-order valence-corrected chi connectivity index (χ1v) is 11.0. The van der Waals surface area contributed by atoms with E-state index in [9.17, 15) is 0 Å². The largest absolute Gasteiger partial charge is 1.00 e. The van der Waals surface area contributed by atoms with Gasteiger partial charge in [0.2, 0.25) is 0 Å². The zero-order valence-corrected chi connectivity index (χ0v) is 19.1. The second-order valence-corrected chi connectivity index (χ2v) is 9.01. The quantitative estimate of drug-likeness (QED) is 0.530. The molecule has 0 bridgehead atoms. The van der Waals surface area contributed by atoms with Crippen molar-refractivity contribution in [2.75, 3.05) is 0 Å². The number of amidine groups is 1. The van der Waals surface area contributed by atoms with Gasteiger partial charge < -0.3 is 17.0 Å². The van der Waals surface area contributed by atoms with Crippen molar-refractivity contribution < 1.29 is 21.6 Å². The minimum absolute atomic E-state index is 0. The van der Waals surface area contributed by atoms with Gasteiger partial charge >= 0.3 is 0 Å². The van der Waals surface area contributed by atoms with Gasteiger partial charge in [-0.25, -0.2) is 4.58 Å². The molecule has 1 spiro atoms. The molecule has 6 rings (SSSR count). The molecule has 2 aliphatic heterocycles. The molecule has 0 aromatic heterocycles. The maximum atomic E-state index is 6.45. The molecule has 0 saturated heterocycles. The third-order valence-corrected chi connectivity index (χ3v) is 7.28. The van der Waals surface area contributed by atoms with Gasteiger partial charge in [0.05, 0.1) is 5.41 Å². The molecule has 3 aromatic carbocycles. The molecule has 1 N–H and O–H groups in total. The lowest BCUT2D eigenvalue weighted by atomic mass is 9.72. The summed E-state index contributed by atoms with van der Waals surface area (Å²) in [5.74, 6) is 1.39. The Hall–Kier alpha value is -2.10. The summed E-state index contributed by atoms with van der Waals surface area (Å²) in [5.41, 5.74) is 6.92. The molecule has 3 aromatic rings. The molecule has 2 nitrogen and oxygen atoms in total. The van der Waals surface area contributed by atoms with Crippen LogP contribution in [0.4, 0.5) is 5.69 Å². The second-order valence-electron chi connectivity index (χ2n) is 8.57. The minimum Gasteiger partial charge on any atom is -1.00 e. The maximum absolute atomic E-state index is 6.45. The SMILES string of the molecule is Clc1ccc2c(c1)C(c1ccccc1)NC1=[N+]2Cc2ccccc2C12CCCC2.[Br-]. The van der Waals surface area contributed by atoms with Crippen molar-refractivity contribution in [3.05, 3.63) is 100 Å². The number of fused-ring (bicyclic) bond motifs is 5. The van der Waals surface area contributed by atoms with E-state index in [0.29, 0.717) is 0 Å². The van der Waals surface area contributed by atoms with Crippen LogP contribution in [0.25, 0.3) is 0 Å². The monoisotopic (exact) mass is 478 g/mol. The van der Waals surface area contributed by atoms with Gasteiger partial charge in [-0.3, -0.25) is 5.32 Å². The minimum atomic E-state index is 0. The number of hydrogen-bond donors (Lipinski definition) is 1. The summed E-state index contributed by atoms with van der Waals surface area (Å²) in [7, 11) is 0. The summed E-state index contributed by atoms with van der Waals surface area (Å²) in [5, 5.41) is 4.81. The van der Waals surface area contributed by atoms with Crippen molar-refractivity contribution in [1.29, 1.82) is 0 Å². The van der Waals surface area contributed by atoms with E-state index < -0.39 is 0 Å². The van der Waals surface area contributed by atoms with Crippen LogP contribution >= 0.6 is 11.6 Å². The van der Waals surface area contributed by atoms with Crippen LogP contribution in [-0.2, 0) is 12.0 Å². The molecule has 1 atom stereocenters. The lowest BCUT2D eigenvalue weighted by Gasteiger charge is -2.40. The van der Waals surface area contributed by atoms with E-state index in [2.05, 4.69) is 76.6 Å². The van der Waals surface area contributed by atoms with Gasteiger partial charge in [0.25, 0.3) is 5.84 Å². The molecule has 152 valence electrons. The van der Waals surface area contributed by atoms with Crippen LogP contribution in [-0.4, -0.2) is 10.4 Å². The highest BCUT2D eigenvalue weighted by molar-refractivity contribution is 6.30. The maximum Gasteiger partial charge on any atom is 0.261 e. The van der Waals surface area contributed by atoms with Crippen molar-refractivity contribution in [2.45, 2.75) is 43.7 Å². The normalized spacial score (nSPS) is 20.6. The number of hydrogen-bond acceptors (Lipinski definition) is 1. The average Bonchev–Trinajstić information content (AvgIpc) is 3.24. The number of nitrogens with zero attached hydrogens (tertiary/aromatic N) is 1. The Balaban J connectivity index is 0.00000193. The van der Waals surface area contributed by atoms with Gasteiger partial charge in [-0.15, -0.1) is 0 Å². The van der Waals surface area contributed by atoms with Crippen LogP contribution in [0.15, 0.2) is 72.8 Å². The fourth-order valence-corrected chi connectivity index (χ4v) is 5.97. The molecular weight excluding hydrogens is 456 g/mol. The van der Waals surface area contributed by atoms with E-state index in [1.807, 2.05) is 6.07 Å². The molecule has 1 aliphatic carbocycles. The van der Waals surface area contributed by atoms with Crippen molar-refractivity contribution in [2.24, 2.45) is 0 Å². The Morgan fingerprint density at radius 2 is 1.63 bits per heavy atom. The molecule has 0 amide bonds.